The Balaban J connectivity index is 2.16. The van der Waals surface area contributed by atoms with Crippen LogP contribution in [-0.2, 0) is 4.74 Å². The summed E-state index contributed by atoms with van der Waals surface area (Å²) in [5, 5.41) is 11.7. The highest BCUT2D eigenvalue weighted by Crippen LogP contribution is 2.37. The van der Waals surface area contributed by atoms with Gasteiger partial charge in [-0.05, 0) is 11.6 Å². The van der Waals surface area contributed by atoms with E-state index in [1.165, 1.54) is 6.07 Å². The maximum absolute atomic E-state index is 11.7. The molecule has 0 fully saturated rings. The molecule has 0 saturated carbocycles. The number of hydrogen-bond donors (Lipinski definition) is 2. The molecule has 2 aromatic carbocycles. The van der Waals surface area contributed by atoms with E-state index in [1.807, 2.05) is 30.3 Å². The Morgan fingerprint density at radius 1 is 1.10 bits per heavy atom. The van der Waals surface area contributed by atoms with Crippen molar-refractivity contribution in [3.8, 4) is 0 Å². The van der Waals surface area contributed by atoms with Crippen molar-refractivity contribution in [1.82, 2.24) is 0 Å². The van der Waals surface area contributed by atoms with Gasteiger partial charge in [0.25, 0.3) is 0 Å². The number of carbonyl (C=O) groups excluding carboxylic acids is 1. The third kappa shape index (κ3) is 1.99. The number of hydrogen-bond acceptors (Lipinski definition) is 3. The molecule has 20 heavy (non-hydrogen) atoms. The van der Waals surface area contributed by atoms with Crippen LogP contribution in [-0.4, -0.2) is 17.2 Å². The molecule has 1 unspecified atom stereocenters. The number of ether oxygens (including phenoxy) is 1. The third-order valence-electron chi connectivity index (χ3n) is 3.16. The Morgan fingerprint density at radius 3 is 2.55 bits per heavy atom. The molecule has 5 heteroatoms. The Hall–Kier alpha value is -2.82. The van der Waals surface area contributed by atoms with Crippen molar-refractivity contribution in [2.45, 2.75) is 6.10 Å². The van der Waals surface area contributed by atoms with Gasteiger partial charge in [0.1, 0.15) is 0 Å². The van der Waals surface area contributed by atoms with Gasteiger partial charge in [-0.15, -0.1) is 0 Å². The van der Waals surface area contributed by atoms with Gasteiger partial charge in [-0.25, -0.2) is 9.59 Å². The summed E-state index contributed by atoms with van der Waals surface area (Å²) in [7, 11) is 0. The van der Waals surface area contributed by atoms with Crippen LogP contribution < -0.4 is 5.32 Å². The summed E-state index contributed by atoms with van der Waals surface area (Å²) in [6.07, 6.45) is -1.25. The van der Waals surface area contributed by atoms with Gasteiger partial charge in [0.15, 0.2) is 6.10 Å². The lowest BCUT2D eigenvalue weighted by Gasteiger charge is -2.27. The van der Waals surface area contributed by atoms with Crippen LogP contribution in [0.3, 0.4) is 0 Å². The molecule has 0 aliphatic carbocycles. The fourth-order valence-corrected chi connectivity index (χ4v) is 2.28. The second-order valence-electron chi connectivity index (χ2n) is 4.40. The zero-order chi connectivity index (χ0) is 14.1. The Kier molecular flexibility index (Phi) is 2.87. The van der Waals surface area contributed by atoms with Crippen LogP contribution in [0, 0.1) is 0 Å². The normalized spacial score (nSPS) is 16.8. The predicted octanol–water partition coefficient (Wildman–Crippen LogP) is 3.04. The van der Waals surface area contributed by atoms with Gasteiger partial charge >= 0.3 is 12.1 Å². The number of fused-ring (bicyclic) bond motifs is 1. The van der Waals surface area contributed by atoms with Gasteiger partial charge in [0, 0.05) is 5.56 Å². The van der Waals surface area contributed by atoms with Gasteiger partial charge in [-0.1, -0.05) is 42.5 Å². The lowest BCUT2D eigenvalue weighted by molar-refractivity contribution is 0.0697. The van der Waals surface area contributed by atoms with Crippen LogP contribution in [0.4, 0.5) is 10.5 Å². The van der Waals surface area contributed by atoms with Crippen LogP contribution in [0.5, 0.6) is 0 Å². The zero-order valence-electron chi connectivity index (χ0n) is 10.4. The first-order valence-electron chi connectivity index (χ1n) is 6.05. The molecule has 1 aliphatic rings. The Morgan fingerprint density at radius 2 is 1.85 bits per heavy atom. The van der Waals surface area contributed by atoms with Gasteiger partial charge < -0.3 is 9.84 Å². The molecule has 0 saturated heterocycles. The number of cyclic esters (lactones) is 1. The number of carbonyl (C=O) groups is 2. The quantitative estimate of drug-likeness (QED) is 0.878. The summed E-state index contributed by atoms with van der Waals surface area (Å²) < 4.78 is 5.29. The third-order valence-corrected chi connectivity index (χ3v) is 3.16. The van der Waals surface area contributed by atoms with E-state index >= 15 is 0 Å². The Bertz CT molecular complexity index is 682. The van der Waals surface area contributed by atoms with Crippen molar-refractivity contribution in [2.24, 2.45) is 0 Å². The molecular formula is C15H11NO4. The van der Waals surface area contributed by atoms with Crippen molar-refractivity contribution in [2.75, 3.05) is 5.32 Å². The number of anilines is 1. The monoisotopic (exact) mass is 269 g/mol. The number of nitrogens with one attached hydrogen (secondary N) is 1. The van der Waals surface area contributed by atoms with Crippen molar-refractivity contribution >= 4 is 17.7 Å². The molecule has 1 aliphatic heterocycles. The first kappa shape index (κ1) is 12.2. The van der Waals surface area contributed by atoms with E-state index in [-0.39, 0.29) is 5.56 Å². The number of carboxylic acids is 1. The van der Waals surface area contributed by atoms with E-state index in [4.69, 9.17) is 4.74 Å². The number of amides is 1. The topological polar surface area (TPSA) is 75.6 Å². The van der Waals surface area contributed by atoms with Crippen LogP contribution in [0.25, 0.3) is 0 Å². The molecule has 2 aromatic rings. The van der Waals surface area contributed by atoms with Crippen molar-refractivity contribution in [1.29, 1.82) is 0 Å². The van der Waals surface area contributed by atoms with Crippen molar-refractivity contribution in [3.63, 3.8) is 0 Å². The van der Waals surface area contributed by atoms with E-state index in [0.717, 1.165) is 5.56 Å². The van der Waals surface area contributed by atoms with E-state index < -0.39 is 18.2 Å². The number of benzene rings is 2. The first-order valence-corrected chi connectivity index (χ1v) is 6.05. The highest BCUT2D eigenvalue weighted by molar-refractivity contribution is 6.01. The van der Waals surface area contributed by atoms with E-state index in [2.05, 4.69) is 5.32 Å². The molecule has 1 heterocycles. The van der Waals surface area contributed by atoms with Gasteiger partial charge in [-0.2, -0.15) is 0 Å². The second-order valence-corrected chi connectivity index (χ2v) is 4.40. The molecule has 0 radical (unpaired) electrons. The van der Waals surface area contributed by atoms with Crippen molar-refractivity contribution in [3.05, 3.63) is 65.2 Å². The maximum Gasteiger partial charge on any atom is 0.412 e. The molecule has 0 bridgehead atoms. The van der Waals surface area contributed by atoms with Crippen LogP contribution in [0.1, 0.15) is 27.6 Å². The number of carboxylic acid groups (broad SMARTS) is 1. The lowest BCUT2D eigenvalue weighted by atomic mass is 9.96. The summed E-state index contributed by atoms with van der Waals surface area (Å²) in [6.45, 7) is 0. The molecule has 2 N–H and O–H groups in total. The van der Waals surface area contributed by atoms with E-state index in [1.54, 1.807) is 12.1 Å². The lowest BCUT2D eigenvalue weighted by Crippen LogP contribution is -2.26. The van der Waals surface area contributed by atoms with Crippen molar-refractivity contribution < 1.29 is 19.4 Å². The number of para-hydroxylation sites is 1. The standard InChI is InChI=1S/C15H11NO4/c17-14(18)11-8-4-7-10-12(11)16-15(19)20-13(10)9-5-2-1-3-6-9/h1-8,13H,(H,16,19)(H,17,18). The second kappa shape index (κ2) is 4.70. The molecule has 3 rings (SSSR count). The summed E-state index contributed by atoms with van der Waals surface area (Å²) in [5.74, 6) is -1.09. The fraction of sp³-hybridized carbons (Fsp3) is 0.0667. The SMILES string of the molecule is O=C1Nc2c(C(=O)O)cccc2C(c2ccccc2)O1. The van der Waals surface area contributed by atoms with E-state index in [9.17, 15) is 14.7 Å². The highest BCUT2D eigenvalue weighted by Gasteiger charge is 2.30. The minimum atomic E-state index is -1.09. The number of rotatable bonds is 2. The summed E-state index contributed by atoms with van der Waals surface area (Å²) in [6, 6.07) is 14.0. The van der Waals surface area contributed by atoms with E-state index in [0.29, 0.717) is 11.3 Å². The van der Waals surface area contributed by atoms with Gasteiger partial charge in [-0.3, -0.25) is 5.32 Å². The summed E-state index contributed by atoms with van der Waals surface area (Å²) in [5.41, 5.74) is 1.78. The fourth-order valence-electron chi connectivity index (χ4n) is 2.28. The highest BCUT2D eigenvalue weighted by atomic mass is 16.6. The smallest absolute Gasteiger partial charge is 0.412 e. The van der Waals surface area contributed by atoms with Crippen LogP contribution in [0.15, 0.2) is 48.5 Å². The van der Waals surface area contributed by atoms with Gasteiger partial charge in [0.05, 0.1) is 11.3 Å². The molecule has 0 aromatic heterocycles. The average Bonchev–Trinajstić information content (AvgIpc) is 2.46. The summed E-state index contributed by atoms with van der Waals surface area (Å²) >= 11 is 0. The molecule has 1 amide bonds. The predicted molar refractivity (Wildman–Crippen MR) is 71.8 cm³/mol. The van der Waals surface area contributed by atoms with Gasteiger partial charge in [0.2, 0.25) is 0 Å². The molecule has 100 valence electrons. The average molecular weight is 269 g/mol. The molecule has 5 nitrogen and oxygen atoms in total. The summed E-state index contributed by atoms with van der Waals surface area (Å²) in [4.78, 5) is 22.9. The minimum absolute atomic E-state index is 0.0556. The first-order chi connectivity index (χ1) is 9.66. The van der Waals surface area contributed by atoms with Crippen LogP contribution >= 0.6 is 0 Å². The Labute approximate surface area is 114 Å². The minimum Gasteiger partial charge on any atom is -0.478 e. The number of aromatic carboxylic acids is 1. The molecular weight excluding hydrogens is 258 g/mol. The molecule has 0 spiro atoms. The maximum atomic E-state index is 11.7. The van der Waals surface area contributed by atoms with Crippen LogP contribution in [0.2, 0.25) is 0 Å². The molecule has 1 atom stereocenters. The largest absolute Gasteiger partial charge is 0.478 e. The zero-order valence-corrected chi connectivity index (χ0v) is 10.4.